The summed E-state index contributed by atoms with van der Waals surface area (Å²) in [6, 6.07) is 7.21. The van der Waals surface area contributed by atoms with Crippen LogP contribution in [0, 0.1) is 11.3 Å². The van der Waals surface area contributed by atoms with Gasteiger partial charge in [-0.05, 0) is 18.2 Å². The molecule has 0 bridgehead atoms. The molecular weight excluding hydrogens is 520 g/mol. The van der Waals surface area contributed by atoms with Crippen molar-refractivity contribution < 1.29 is 19.7 Å². The van der Waals surface area contributed by atoms with Crippen LogP contribution in [0.5, 0.6) is 0 Å². The van der Waals surface area contributed by atoms with Gasteiger partial charge in [-0.2, -0.15) is 5.26 Å². The number of aliphatic hydroxyl groups is 2. The Balaban J connectivity index is 2.03. The molecule has 2 aromatic heterocycles. The Hall–Kier alpha value is -2.05. The third-order valence-corrected chi connectivity index (χ3v) is 6.99. The molecule has 3 aromatic rings. The fraction of sp³-hybridized carbons (Fsp3) is 0.368. The van der Waals surface area contributed by atoms with Gasteiger partial charge >= 0.3 is 0 Å². The topological polar surface area (TPSA) is 152 Å². The van der Waals surface area contributed by atoms with Crippen molar-refractivity contribution in [3.63, 3.8) is 0 Å². The highest BCUT2D eigenvalue weighted by Gasteiger charge is 2.60. The Morgan fingerprint density at radius 3 is 2.88 bits per heavy atom. The largest absolute Gasteiger partial charge is 0.394 e. The summed E-state index contributed by atoms with van der Waals surface area (Å²) in [6.45, 7) is -0.490. The Morgan fingerprint density at radius 2 is 2.25 bits per heavy atom. The molecule has 4 rings (SSSR count). The third kappa shape index (κ3) is 3.61. The highest BCUT2D eigenvalue weighted by Crippen LogP contribution is 2.45. The van der Waals surface area contributed by atoms with Gasteiger partial charge in [0.15, 0.2) is 5.13 Å². The van der Waals surface area contributed by atoms with E-state index in [1.165, 1.54) is 23.1 Å². The maximum atomic E-state index is 11.6. The number of nitrogens with two attached hydrogens (primary N) is 1. The number of nitrogens with zero attached hydrogens (tertiary/aromatic N) is 5. The minimum Gasteiger partial charge on any atom is -0.394 e. The van der Waals surface area contributed by atoms with Crippen LogP contribution in [-0.2, 0) is 15.0 Å². The normalized spacial score (nSPS) is 27.9. The minimum absolute atomic E-state index is 0.281. The number of aromatic nitrogens is 4. The Kier molecular flexibility index (Phi) is 6.55. The van der Waals surface area contributed by atoms with Crippen LogP contribution >= 0.6 is 39.9 Å². The number of nitrogen functional groups attached to an aromatic ring is 1. The zero-order valence-electron chi connectivity index (χ0n) is 16.7. The summed E-state index contributed by atoms with van der Waals surface area (Å²) in [5, 5.41) is 42.0. The molecule has 0 spiro atoms. The maximum absolute atomic E-state index is 11.6. The average Bonchev–Trinajstić information content (AvgIpc) is 3.44. The predicted octanol–water partition coefficient (Wildman–Crippen LogP) is 1.38. The van der Waals surface area contributed by atoms with Gasteiger partial charge < -0.3 is 25.4 Å². The number of ether oxygens (including phenoxy) is 2. The zero-order valence-corrected chi connectivity index (χ0v) is 20.0. The van der Waals surface area contributed by atoms with E-state index in [0.717, 1.165) is 0 Å². The summed E-state index contributed by atoms with van der Waals surface area (Å²) in [5.41, 5.74) is 4.98. The molecule has 1 aromatic carbocycles. The van der Waals surface area contributed by atoms with Crippen LogP contribution in [0.4, 0.5) is 5.13 Å². The molecule has 0 amide bonds. The van der Waals surface area contributed by atoms with E-state index in [9.17, 15) is 15.5 Å². The van der Waals surface area contributed by atoms with Crippen molar-refractivity contribution in [1.29, 1.82) is 5.26 Å². The van der Waals surface area contributed by atoms with E-state index in [0.29, 0.717) is 26.6 Å². The van der Waals surface area contributed by atoms with E-state index in [1.807, 2.05) is 0 Å². The Morgan fingerprint density at radius 1 is 1.47 bits per heavy atom. The van der Waals surface area contributed by atoms with E-state index in [4.69, 9.17) is 15.2 Å². The average molecular weight is 539 g/mol. The Labute approximate surface area is 201 Å². The second-order valence-electron chi connectivity index (χ2n) is 7.10. The molecule has 4 N–H and O–H groups in total. The van der Waals surface area contributed by atoms with Crippen LogP contribution in [-0.4, -0.2) is 67.7 Å². The third-order valence-electron chi connectivity index (χ3n) is 5.43. The fourth-order valence-corrected chi connectivity index (χ4v) is 5.47. The fourth-order valence-electron chi connectivity index (χ4n) is 4.05. The first kappa shape index (κ1) is 23.1. The first-order valence-electron chi connectivity index (χ1n) is 9.36. The van der Waals surface area contributed by atoms with Gasteiger partial charge in [0, 0.05) is 22.5 Å². The molecule has 1 saturated heterocycles. The van der Waals surface area contributed by atoms with Gasteiger partial charge in [0.05, 0.1) is 24.4 Å². The zero-order chi connectivity index (χ0) is 23.0. The van der Waals surface area contributed by atoms with E-state index in [-0.39, 0.29) is 5.56 Å². The van der Waals surface area contributed by atoms with Crippen molar-refractivity contribution in [1.82, 2.24) is 20.0 Å². The van der Waals surface area contributed by atoms with E-state index >= 15 is 0 Å². The molecule has 1 unspecified atom stereocenters. The van der Waals surface area contributed by atoms with E-state index < -0.39 is 35.9 Å². The van der Waals surface area contributed by atoms with Crippen molar-refractivity contribution in [2.75, 3.05) is 19.5 Å². The molecule has 13 heteroatoms. The summed E-state index contributed by atoms with van der Waals surface area (Å²) in [6.07, 6.45) is -1.74. The summed E-state index contributed by atoms with van der Waals surface area (Å²) in [7, 11) is 1.45. The minimum atomic E-state index is -1.52. The number of nitriles is 1. The van der Waals surface area contributed by atoms with Crippen LogP contribution < -0.4 is 5.73 Å². The first-order chi connectivity index (χ1) is 15.4. The van der Waals surface area contributed by atoms with Crippen molar-refractivity contribution in [2.45, 2.75) is 29.3 Å². The van der Waals surface area contributed by atoms with Gasteiger partial charge in [0.1, 0.15) is 40.7 Å². The van der Waals surface area contributed by atoms with Gasteiger partial charge in [-0.15, -0.1) is 29.1 Å². The van der Waals surface area contributed by atoms with Crippen molar-refractivity contribution >= 4 is 45.0 Å². The predicted molar refractivity (Wildman–Crippen MR) is 123 cm³/mol. The molecule has 0 saturated carbocycles. The number of thiazole rings is 1. The van der Waals surface area contributed by atoms with Gasteiger partial charge in [-0.3, -0.25) is 0 Å². The monoisotopic (exact) mass is 538 g/mol. The summed E-state index contributed by atoms with van der Waals surface area (Å²) >= 11 is 9.22. The van der Waals surface area contributed by atoms with Crippen LogP contribution in [0.15, 0.2) is 34.2 Å². The van der Waals surface area contributed by atoms with E-state index in [2.05, 4.69) is 49.9 Å². The van der Waals surface area contributed by atoms with Crippen molar-refractivity contribution in [3.05, 3.63) is 45.4 Å². The van der Waals surface area contributed by atoms with Crippen LogP contribution in [0.2, 0.25) is 0 Å². The molecule has 0 aliphatic carbocycles. The molecule has 3 heterocycles. The number of thiol groups is 1. The SMILES string of the molecule is CO[C@H]1[C@@H](S)O[C@H](CO)[C@H](O)C1(c1cc(Br)ccc1C#N)n1cc(-c2csc(N)n2)nn1. The molecule has 5 atom stereocenters. The second kappa shape index (κ2) is 9.06. The molecule has 1 aliphatic rings. The number of methoxy groups -OCH3 is 1. The van der Waals surface area contributed by atoms with Gasteiger partial charge in [0.25, 0.3) is 0 Å². The molecule has 168 valence electrons. The highest BCUT2D eigenvalue weighted by molar-refractivity contribution is 9.10. The first-order valence-corrected chi connectivity index (χ1v) is 11.5. The summed E-state index contributed by atoms with van der Waals surface area (Å²) < 4.78 is 13.6. The lowest BCUT2D eigenvalue weighted by Crippen LogP contribution is -2.68. The molecule has 1 fully saturated rings. The molecule has 32 heavy (non-hydrogen) atoms. The molecule has 0 radical (unpaired) electrons. The standard InChI is InChI=1S/C19H19BrN6O4S2/c1-29-16-17(31)30-14(7-27)15(28)19(16,11-4-10(20)3-2-9(11)5-21)26-6-12(24-25-26)13-8-32-18(22)23-13/h2-4,6,8,14-17,27-28,31H,7H2,1H3,(H2,22,23)/t14-,15+,16+,17-,19?/m1/s1. The number of halogens is 1. The number of rotatable bonds is 5. The van der Waals surface area contributed by atoms with Crippen LogP contribution in [0.1, 0.15) is 11.1 Å². The highest BCUT2D eigenvalue weighted by atomic mass is 79.9. The molecular formula is C19H19BrN6O4S2. The molecule has 10 nitrogen and oxygen atoms in total. The lowest BCUT2D eigenvalue weighted by Gasteiger charge is -2.51. The lowest BCUT2D eigenvalue weighted by molar-refractivity contribution is -0.213. The Bertz CT molecular complexity index is 1170. The molecule has 1 aliphatic heterocycles. The number of hydrogen-bond acceptors (Lipinski definition) is 11. The smallest absolute Gasteiger partial charge is 0.180 e. The van der Waals surface area contributed by atoms with Crippen LogP contribution in [0.25, 0.3) is 11.4 Å². The number of aliphatic hydroxyl groups excluding tert-OH is 2. The summed E-state index contributed by atoms with van der Waals surface area (Å²) in [5.74, 6) is 0. The number of benzene rings is 1. The van der Waals surface area contributed by atoms with Gasteiger partial charge in [-0.1, -0.05) is 21.1 Å². The quantitative estimate of drug-likeness (QED) is 0.353. The van der Waals surface area contributed by atoms with E-state index in [1.54, 1.807) is 29.8 Å². The van der Waals surface area contributed by atoms with Gasteiger partial charge in [0.2, 0.25) is 0 Å². The second-order valence-corrected chi connectivity index (χ2v) is 9.41. The van der Waals surface area contributed by atoms with Gasteiger partial charge in [-0.25, -0.2) is 9.67 Å². The summed E-state index contributed by atoms with van der Waals surface area (Å²) in [4.78, 5) is 4.23. The number of anilines is 1. The number of hydrogen-bond donors (Lipinski definition) is 4. The van der Waals surface area contributed by atoms with Crippen molar-refractivity contribution in [2.24, 2.45) is 0 Å². The van der Waals surface area contributed by atoms with Crippen LogP contribution in [0.3, 0.4) is 0 Å². The lowest BCUT2D eigenvalue weighted by atomic mass is 9.74. The maximum Gasteiger partial charge on any atom is 0.180 e. The van der Waals surface area contributed by atoms with Crippen molar-refractivity contribution in [3.8, 4) is 17.5 Å².